The van der Waals surface area contributed by atoms with E-state index in [0.717, 1.165) is 22.9 Å². The lowest BCUT2D eigenvalue weighted by molar-refractivity contribution is -0.118. The van der Waals surface area contributed by atoms with Gasteiger partial charge in [-0.1, -0.05) is 17.7 Å². The number of hydrogen-bond acceptors (Lipinski definition) is 2. The van der Waals surface area contributed by atoms with Crippen molar-refractivity contribution in [2.75, 3.05) is 11.4 Å². The van der Waals surface area contributed by atoms with Crippen molar-refractivity contribution in [2.24, 2.45) is 0 Å². The number of anilines is 1. The van der Waals surface area contributed by atoms with Gasteiger partial charge in [0.05, 0.1) is 10.6 Å². The zero-order chi connectivity index (χ0) is 18.1. The van der Waals surface area contributed by atoms with E-state index in [-0.39, 0.29) is 16.5 Å². The van der Waals surface area contributed by atoms with Gasteiger partial charge in [0.2, 0.25) is 5.91 Å². The van der Waals surface area contributed by atoms with Gasteiger partial charge in [-0.05, 0) is 61.7 Å². The summed E-state index contributed by atoms with van der Waals surface area (Å²) in [4.78, 5) is 26.7. The quantitative estimate of drug-likeness (QED) is 0.908. The molecule has 25 heavy (non-hydrogen) atoms. The minimum atomic E-state index is -0.616. The molecule has 0 aromatic heterocycles. The molecule has 0 bridgehead atoms. The summed E-state index contributed by atoms with van der Waals surface area (Å²) in [7, 11) is 0. The van der Waals surface area contributed by atoms with E-state index in [0.29, 0.717) is 13.0 Å². The Labute approximate surface area is 150 Å². The fourth-order valence-corrected chi connectivity index (χ4v) is 3.34. The normalized spacial score (nSPS) is 17.0. The number of halogens is 2. The molecular formula is C19H18ClFN2O2. The second-order valence-corrected chi connectivity index (χ2v) is 6.68. The molecule has 1 aliphatic heterocycles. The Balaban J connectivity index is 1.74. The molecule has 3 rings (SSSR count). The van der Waals surface area contributed by atoms with Gasteiger partial charge in [-0.2, -0.15) is 0 Å². The average Bonchev–Trinajstić information content (AvgIpc) is 2.87. The molecule has 1 fully saturated rings. The van der Waals surface area contributed by atoms with Gasteiger partial charge in [0, 0.05) is 12.2 Å². The van der Waals surface area contributed by atoms with E-state index in [4.69, 9.17) is 11.6 Å². The summed E-state index contributed by atoms with van der Waals surface area (Å²) in [5.41, 5.74) is 3.14. The highest BCUT2D eigenvalue weighted by molar-refractivity contribution is 6.33. The first-order valence-corrected chi connectivity index (χ1v) is 8.38. The molecule has 0 saturated carbocycles. The Morgan fingerprint density at radius 3 is 2.52 bits per heavy atom. The number of hydrogen-bond donors (Lipinski definition) is 1. The molecule has 1 heterocycles. The van der Waals surface area contributed by atoms with Crippen LogP contribution in [0, 0.1) is 19.7 Å². The summed E-state index contributed by atoms with van der Waals surface area (Å²) in [6.45, 7) is 4.49. The number of rotatable bonds is 3. The van der Waals surface area contributed by atoms with Crippen molar-refractivity contribution in [1.82, 2.24) is 5.32 Å². The van der Waals surface area contributed by atoms with E-state index >= 15 is 0 Å². The van der Waals surface area contributed by atoms with Crippen molar-refractivity contribution in [3.8, 4) is 0 Å². The SMILES string of the molecule is Cc1cc(C)cc(N2CCC(NC(=O)c3ccc(F)cc3Cl)C2=O)c1. The molecular weight excluding hydrogens is 343 g/mol. The van der Waals surface area contributed by atoms with Crippen LogP contribution in [0.4, 0.5) is 10.1 Å². The van der Waals surface area contributed by atoms with Crippen LogP contribution in [0.15, 0.2) is 36.4 Å². The minimum Gasteiger partial charge on any atom is -0.340 e. The van der Waals surface area contributed by atoms with Crippen LogP contribution < -0.4 is 10.2 Å². The zero-order valence-electron chi connectivity index (χ0n) is 14.0. The number of benzene rings is 2. The maximum atomic E-state index is 13.1. The fourth-order valence-electron chi connectivity index (χ4n) is 3.09. The molecule has 0 spiro atoms. The van der Waals surface area contributed by atoms with E-state index in [2.05, 4.69) is 5.32 Å². The van der Waals surface area contributed by atoms with Gasteiger partial charge in [0.25, 0.3) is 5.91 Å². The highest BCUT2D eigenvalue weighted by atomic mass is 35.5. The topological polar surface area (TPSA) is 49.4 Å². The predicted octanol–water partition coefficient (Wildman–Crippen LogP) is 3.63. The first-order valence-electron chi connectivity index (χ1n) is 8.01. The van der Waals surface area contributed by atoms with Crippen LogP contribution in [0.3, 0.4) is 0 Å². The lowest BCUT2D eigenvalue weighted by Crippen LogP contribution is -2.41. The molecule has 1 saturated heterocycles. The fraction of sp³-hybridized carbons (Fsp3) is 0.263. The van der Waals surface area contributed by atoms with E-state index in [1.54, 1.807) is 4.90 Å². The molecule has 1 aliphatic rings. The third-order valence-electron chi connectivity index (χ3n) is 4.20. The van der Waals surface area contributed by atoms with E-state index < -0.39 is 17.8 Å². The zero-order valence-corrected chi connectivity index (χ0v) is 14.7. The largest absolute Gasteiger partial charge is 0.340 e. The number of nitrogens with one attached hydrogen (secondary N) is 1. The third-order valence-corrected chi connectivity index (χ3v) is 4.52. The molecule has 1 N–H and O–H groups in total. The molecule has 0 aliphatic carbocycles. The van der Waals surface area contributed by atoms with Gasteiger partial charge >= 0.3 is 0 Å². The van der Waals surface area contributed by atoms with Gasteiger partial charge in [0.15, 0.2) is 0 Å². The van der Waals surface area contributed by atoms with Crippen molar-refractivity contribution >= 4 is 29.1 Å². The first kappa shape index (κ1) is 17.4. The van der Waals surface area contributed by atoms with E-state index in [1.807, 2.05) is 32.0 Å². The van der Waals surface area contributed by atoms with Crippen molar-refractivity contribution in [2.45, 2.75) is 26.3 Å². The summed E-state index contributed by atoms with van der Waals surface area (Å²) in [6.07, 6.45) is 0.510. The highest BCUT2D eigenvalue weighted by Crippen LogP contribution is 2.25. The predicted molar refractivity (Wildman–Crippen MR) is 95.6 cm³/mol. The van der Waals surface area contributed by atoms with Crippen molar-refractivity contribution in [1.29, 1.82) is 0 Å². The Kier molecular flexibility index (Phi) is 4.77. The number of carbonyl (C=O) groups is 2. The summed E-state index contributed by atoms with van der Waals surface area (Å²) in [6, 6.07) is 8.88. The van der Waals surface area contributed by atoms with Crippen LogP contribution in [0.1, 0.15) is 27.9 Å². The Bertz CT molecular complexity index is 833. The molecule has 2 aromatic rings. The van der Waals surface area contributed by atoms with Crippen LogP contribution in [0.5, 0.6) is 0 Å². The third kappa shape index (κ3) is 3.66. The van der Waals surface area contributed by atoms with Gasteiger partial charge in [0.1, 0.15) is 11.9 Å². The number of carbonyl (C=O) groups excluding carboxylic acids is 2. The molecule has 4 nitrogen and oxygen atoms in total. The molecule has 0 radical (unpaired) electrons. The van der Waals surface area contributed by atoms with Crippen molar-refractivity contribution in [3.05, 3.63) is 63.9 Å². The van der Waals surface area contributed by atoms with E-state index in [1.165, 1.54) is 12.1 Å². The highest BCUT2D eigenvalue weighted by Gasteiger charge is 2.34. The van der Waals surface area contributed by atoms with Crippen LogP contribution in [0.2, 0.25) is 5.02 Å². The maximum Gasteiger partial charge on any atom is 0.253 e. The smallest absolute Gasteiger partial charge is 0.253 e. The van der Waals surface area contributed by atoms with Gasteiger partial charge in [-0.25, -0.2) is 4.39 Å². The molecule has 1 unspecified atom stereocenters. The van der Waals surface area contributed by atoms with Crippen LogP contribution >= 0.6 is 11.6 Å². The maximum absolute atomic E-state index is 13.1. The van der Waals surface area contributed by atoms with Gasteiger partial charge in [-0.3, -0.25) is 9.59 Å². The minimum absolute atomic E-state index is 0.0223. The second-order valence-electron chi connectivity index (χ2n) is 6.27. The lowest BCUT2D eigenvalue weighted by Gasteiger charge is -2.18. The number of amides is 2. The number of aryl methyl sites for hydroxylation is 2. The van der Waals surface area contributed by atoms with Crippen LogP contribution in [-0.4, -0.2) is 24.4 Å². The van der Waals surface area contributed by atoms with Crippen molar-refractivity contribution in [3.63, 3.8) is 0 Å². The summed E-state index contributed by atoms with van der Waals surface area (Å²) >= 11 is 5.91. The van der Waals surface area contributed by atoms with Crippen LogP contribution in [0.25, 0.3) is 0 Å². The summed E-state index contributed by atoms with van der Waals surface area (Å²) in [5.74, 6) is -1.15. The molecule has 6 heteroatoms. The summed E-state index contributed by atoms with van der Waals surface area (Å²) in [5, 5.41) is 2.72. The molecule has 130 valence electrons. The Morgan fingerprint density at radius 1 is 1.20 bits per heavy atom. The monoisotopic (exact) mass is 360 g/mol. The average molecular weight is 361 g/mol. The van der Waals surface area contributed by atoms with Crippen LogP contribution in [-0.2, 0) is 4.79 Å². The second kappa shape index (κ2) is 6.84. The molecule has 2 amide bonds. The Hall–Kier alpha value is -2.40. The van der Waals surface area contributed by atoms with E-state index in [9.17, 15) is 14.0 Å². The number of nitrogens with zero attached hydrogens (tertiary/aromatic N) is 1. The standard InChI is InChI=1S/C19H18ClFN2O2/c1-11-7-12(2)9-14(8-11)23-6-5-17(19(23)25)22-18(24)15-4-3-13(21)10-16(15)20/h3-4,7-10,17H,5-6H2,1-2H3,(H,22,24). The molecule has 1 atom stereocenters. The lowest BCUT2D eigenvalue weighted by atomic mass is 10.1. The van der Waals surface area contributed by atoms with Gasteiger partial charge < -0.3 is 10.2 Å². The molecule has 2 aromatic carbocycles. The Morgan fingerprint density at radius 2 is 1.88 bits per heavy atom. The van der Waals surface area contributed by atoms with Crippen molar-refractivity contribution < 1.29 is 14.0 Å². The first-order chi connectivity index (χ1) is 11.8. The van der Waals surface area contributed by atoms with Gasteiger partial charge in [-0.15, -0.1) is 0 Å². The summed E-state index contributed by atoms with van der Waals surface area (Å²) < 4.78 is 13.1.